The Kier molecular flexibility index (Phi) is 2.93. The Bertz CT molecular complexity index is 382. The van der Waals surface area contributed by atoms with Gasteiger partial charge in [-0.1, -0.05) is 0 Å². The van der Waals surface area contributed by atoms with Gasteiger partial charge in [-0.2, -0.15) is 18.3 Å². The predicted octanol–water partition coefficient (Wildman–Crippen LogP) is 1.82. The van der Waals surface area contributed by atoms with E-state index in [0.29, 0.717) is 6.92 Å². The lowest BCUT2D eigenvalue weighted by atomic mass is 9.98. The number of nitrogen functional groups attached to an aromatic ring is 1. The van der Waals surface area contributed by atoms with E-state index >= 15 is 0 Å². The Hall–Kier alpha value is -1.24. The van der Waals surface area contributed by atoms with Gasteiger partial charge in [-0.05, 0) is 20.8 Å². The maximum absolute atomic E-state index is 12.6. The largest absolute Gasteiger partial charge is 0.421 e. The summed E-state index contributed by atoms with van der Waals surface area (Å²) in [5, 5.41) is 13.2. The van der Waals surface area contributed by atoms with Crippen molar-refractivity contribution in [3.63, 3.8) is 0 Å². The van der Waals surface area contributed by atoms with E-state index < -0.39 is 17.3 Å². The summed E-state index contributed by atoms with van der Waals surface area (Å²) < 4.78 is 38.9. The molecule has 1 heterocycles. The Morgan fingerprint density at radius 1 is 1.44 bits per heavy atom. The molecule has 1 aromatic rings. The quantitative estimate of drug-likeness (QED) is 0.824. The molecular weight excluding hydrogens is 223 g/mol. The molecule has 1 aromatic heterocycles. The van der Waals surface area contributed by atoms with E-state index in [0.717, 1.165) is 6.20 Å². The smallest absolute Gasteiger partial charge is 0.384 e. The predicted molar refractivity (Wildman–Crippen MR) is 52.7 cm³/mol. The number of anilines is 1. The second-order valence-corrected chi connectivity index (χ2v) is 4.05. The molecule has 0 bridgehead atoms. The molecule has 0 spiro atoms. The van der Waals surface area contributed by atoms with Crippen LogP contribution in [-0.4, -0.2) is 21.1 Å². The molecular formula is C9H14F3N3O. The Morgan fingerprint density at radius 3 is 2.25 bits per heavy atom. The van der Waals surface area contributed by atoms with Crippen molar-refractivity contribution >= 4 is 5.82 Å². The van der Waals surface area contributed by atoms with Gasteiger partial charge < -0.3 is 10.8 Å². The molecule has 0 fully saturated rings. The molecule has 1 unspecified atom stereocenters. The van der Waals surface area contributed by atoms with Crippen LogP contribution in [0.4, 0.5) is 19.0 Å². The first-order valence-corrected chi connectivity index (χ1v) is 4.71. The number of halogens is 3. The molecule has 0 aromatic carbocycles. The highest BCUT2D eigenvalue weighted by atomic mass is 19.4. The van der Waals surface area contributed by atoms with Gasteiger partial charge >= 0.3 is 6.18 Å². The van der Waals surface area contributed by atoms with Gasteiger partial charge in [0.15, 0.2) is 5.60 Å². The summed E-state index contributed by atoms with van der Waals surface area (Å²) in [6.07, 6.45) is -3.84. The lowest BCUT2D eigenvalue weighted by Gasteiger charge is -2.25. The molecule has 0 aliphatic carbocycles. The molecule has 92 valence electrons. The summed E-state index contributed by atoms with van der Waals surface area (Å²) in [4.78, 5) is 0. The van der Waals surface area contributed by atoms with Crippen molar-refractivity contribution < 1.29 is 18.3 Å². The van der Waals surface area contributed by atoms with Crippen molar-refractivity contribution in [1.29, 1.82) is 0 Å². The van der Waals surface area contributed by atoms with E-state index in [9.17, 15) is 18.3 Å². The van der Waals surface area contributed by atoms with Crippen molar-refractivity contribution in [1.82, 2.24) is 9.78 Å². The van der Waals surface area contributed by atoms with Crippen LogP contribution in [0, 0.1) is 0 Å². The van der Waals surface area contributed by atoms with E-state index in [-0.39, 0.29) is 11.9 Å². The maximum Gasteiger partial charge on any atom is 0.421 e. The van der Waals surface area contributed by atoms with Gasteiger partial charge in [-0.3, -0.25) is 0 Å². The second-order valence-electron chi connectivity index (χ2n) is 4.05. The van der Waals surface area contributed by atoms with E-state index in [1.807, 2.05) is 0 Å². The minimum Gasteiger partial charge on any atom is -0.384 e. The number of hydrogen-bond donors (Lipinski definition) is 2. The summed E-state index contributed by atoms with van der Waals surface area (Å²) in [5.41, 5.74) is 2.12. The van der Waals surface area contributed by atoms with Crippen LogP contribution in [0.1, 0.15) is 32.4 Å². The molecule has 0 aliphatic rings. The lowest BCUT2D eigenvalue weighted by molar-refractivity contribution is -0.258. The minimum atomic E-state index is -4.79. The third kappa shape index (κ3) is 1.87. The molecule has 4 nitrogen and oxygen atoms in total. The van der Waals surface area contributed by atoms with Crippen LogP contribution in [0.2, 0.25) is 0 Å². The zero-order valence-electron chi connectivity index (χ0n) is 9.21. The van der Waals surface area contributed by atoms with Crippen molar-refractivity contribution in [3.8, 4) is 0 Å². The molecule has 0 radical (unpaired) electrons. The third-order valence-electron chi connectivity index (χ3n) is 2.40. The van der Waals surface area contributed by atoms with E-state index in [4.69, 9.17) is 5.73 Å². The van der Waals surface area contributed by atoms with Gasteiger partial charge in [-0.15, -0.1) is 0 Å². The molecule has 0 saturated carbocycles. The number of aromatic nitrogens is 2. The molecule has 1 rings (SSSR count). The van der Waals surface area contributed by atoms with Crippen LogP contribution in [-0.2, 0) is 5.60 Å². The molecule has 0 aliphatic heterocycles. The normalized spacial score (nSPS) is 16.5. The highest BCUT2D eigenvalue weighted by molar-refractivity contribution is 5.43. The Morgan fingerprint density at radius 2 is 1.94 bits per heavy atom. The zero-order valence-corrected chi connectivity index (χ0v) is 9.21. The van der Waals surface area contributed by atoms with Gasteiger partial charge in [0.25, 0.3) is 0 Å². The standard InChI is InChI=1S/C9H14F3N3O/c1-5(2)15-7(13)6(4-14-15)8(3,16)9(10,11)12/h4-5,16H,13H2,1-3H3. The molecule has 1 atom stereocenters. The maximum atomic E-state index is 12.6. The number of nitrogens with two attached hydrogens (primary N) is 1. The van der Waals surface area contributed by atoms with Crippen molar-refractivity contribution in [2.45, 2.75) is 38.6 Å². The van der Waals surface area contributed by atoms with Crippen LogP contribution >= 0.6 is 0 Å². The van der Waals surface area contributed by atoms with Gasteiger partial charge in [0.1, 0.15) is 5.82 Å². The fraction of sp³-hybridized carbons (Fsp3) is 0.667. The number of hydrogen-bond acceptors (Lipinski definition) is 3. The molecule has 0 amide bonds. The monoisotopic (exact) mass is 237 g/mol. The number of aliphatic hydroxyl groups is 1. The van der Waals surface area contributed by atoms with Crippen LogP contribution < -0.4 is 5.73 Å². The van der Waals surface area contributed by atoms with Crippen LogP contribution in [0.25, 0.3) is 0 Å². The summed E-state index contributed by atoms with van der Waals surface area (Å²) in [6.45, 7) is 4.12. The van der Waals surface area contributed by atoms with Gasteiger partial charge in [0.2, 0.25) is 0 Å². The average Bonchev–Trinajstić information content (AvgIpc) is 2.44. The first kappa shape index (κ1) is 12.8. The van der Waals surface area contributed by atoms with E-state index in [1.54, 1.807) is 13.8 Å². The summed E-state index contributed by atoms with van der Waals surface area (Å²) in [5.74, 6) is -0.169. The fourth-order valence-electron chi connectivity index (χ4n) is 1.31. The second kappa shape index (κ2) is 3.65. The SMILES string of the molecule is CC(C)n1ncc(C(C)(O)C(F)(F)F)c1N. The van der Waals surface area contributed by atoms with Crippen molar-refractivity contribution in [3.05, 3.63) is 11.8 Å². The first-order valence-electron chi connectivity index (χ1n) is 4.71. The van der Waals surface area contributed by atoms with E-state index in [2.05, 4.69) is 5.10 Å². The number of alkyl halides is 3. The molecule has 0 saturated heterocycles. The minimum absolute atomic E-state index is 0.169. The Balaban J connectivity index is 3.25. The summed E-state index contributed by atoms with van der Waals surface area (Å²) in [6, 6.07) is -0.169. The van der Waals surface area contributed by atoms with Gasteiger partial charge in [-0.25, -0.2) is 4.68 Å². The van der Waals surface area contributed by atoms with Gasteiger partial charge in [0.05, 0.1) is 11.8 Å². The zero-order chi connectivity index (χ0) is 12.7. The number of rotatable bonds is 2. The summed E-state index contributed by atoms with van der Waals surface area (Å²) in [7, 11) is 0. The van der Waals surface area contributed by atoms with Crippen molar-refractivity contribution in [2.24, 2.45) is 0 Å². The van der Waals surface area contributed by atoms with E-state index in [1.165, 1.54) is 4.68 Å². The van der Waals surface area contributed by atoms with Crippen LogP contribution in [0.15, 0.2) is 6.20 Å². The lowest BCUT2D eigenvalue weighted by Crippen LogP contribution is -2.39. The number of nitrogens with zero attached hydrogens (tertiary/aromatic N) is 2. The highest BCUT2D eigenvalue weighted by Gasteiger charge is 2.53. The van der Waals surface area contributed by atoms with Gasteiger partial charge in [0, 0.05) is 6.04 Å². The molecule has 16 heavy (non-hydrogen) atoms. The Labute approximate surface area is 90.9 Å². The summed E-state index contributed by atoms with van der Waals surface area (Å²) >= 11 is 0. The molecule has 7 heteroatoms. The average molecular weight is 237 g/mol. The van der Waals surface area contributed by atoms with Crippen molar-refractivity contribution in [2.75, 3.05) is 5.73 Å². The fourth-order valence-corrected chi connectivity index (χ4v) is 1.31. The van der Waals surface area contributed by atoms with Crippen LogP contribution in [0.5, 0.6) is 0 Å². The topological polar surface area (TPSA) is 64.1 Å². The van der Waals surface area contributed by atoms with Crippen LogP contribution in [0.3, 0.4) is 0 Å². The third-order valence-corrected chi connectivity index (χ3v) is 2.40. The first-order chi connectivity index (χ1) is 7.09. The highest BCUT2D eigenvalue weighted by Crippen LogP contribution is 2.40. The molecule has 3 N–H and O–H groups in total.